The molecule has 0 atom stereocenters. The summed E-state index contributed by atoms with van der Waals surface area (Å²) in [6, 6.07) is 3.73. The van der Waals surface area contributed by atoms with Crippen LogP contribution >= 0.6 is 22.6 Å². The van der Waals surface area contributed by atoms with Gasteiger partial charge in [-0.2, -0.15) is 0 Å². The van der Waals surface area contributed by atoms with Crippen LogP contribution in [-0.4, -0.2) is 12.2 Å². The number of rotatable bonds is 2. The zero-order valence-corrected chi connectivity index (χ0v) is 10.1. The van der Waals surface area contributed by atoms with E-state index in [2.05, 4.69) is 22.6 Å². The number of ether oxygens (including phenoxy) is 1. The molecule has 0 aliphatic carbocycles. The minimum atomic E-state index is 0.268. The second-order valence-electron chi connectivity index (χ2n) is 3.17. The molecule has 0 aliphatic rings. The molecule has 0 heterocycles. The van der Waals surface area contributed by atoms with Crippen LogP contribution < -0.4 is 4.74 Å². The van der Waals surface area contributed by atoms with Gasteiger partial charge in [0.05, 0.1) is 10.7 Å². The molecule has 2 nitrogen and oxygen atoms in total. The van der Waals surface area contributed by atoms with Gasteiger partial charge in [-0.05, 0) is 40.6 Å². The van der Waals surface area contributed by atoms with Gasteiger partial charge in [-0.1, -0.05) is 13.8 Å². The van der Waals surface area contributed by atoms with E-state index < -0.39 is 0 Å². The van der Waals surface area contributed by atoms with E-state index in [0.29, 0.717) is 5.75 Å². The molecule has 72 valence electrons. The number of halogens is 1. The minimum Gasteiger partial charge on any atom is -0.506 e. The highest BCUT2D eigenvalue weighted by molar-refractivity contribution is 14.1. The van der Waals surface area contributed by atoms with Crippen molar-refractivity contribution in [3.8, 4) is 11.5 Å². The molecule has 1 aromatic rings. The first-order valence-corrected chi connectivity index (χ1v) is 5.21. The molecule has 13 heavy (non-hydrogen) atoms. The molecule has 1 N–H and O–H groups in total. The van der Waals surface area contributed by atoms with Gasteiger partial charge in [-0.15, -0.1) is 0 Å². The predicted molar refractivity (Wildman–Crippen MR) is 61.5 cm³/mol. The van der Waals surface area contributed by atoms with E-state index in [-0.39, 0.29) is 5.92 Å². The SMILES string of the molecule is COc1ccc(I)c(O)c1C(C)C. The van der Waals surface area contributed by atoms with Crippen LogP contribution in [0.3, 0.4) is 0 Å². The largest absolute Gasteiger partial charge is 0.506 e. The molecule has 3 heteroatoms. The van der Waals surface area contributed by atoms with Crippen LogP contribution in [-0.2, 0) is 0 Å². The monoisotopic (exact) mass is 292 g/mol. The fourth-order valence-electron chi connectivity index (χ4n) is 1.30. The lowest BCUT2D eigenvalue weighted by Gasteiger charge is -2.14. The summed E-state index contributed by atoms with van der Waals surface area (Å²) in [5.74, 6) is 1.37. The third-order valence-electron chi connectivity index (χ3n) is 1.93. The Bertz CT molecular complexity index is 308. The zero-order valence-electron chi connectivity index (χ0n) is 7.97. The van der Waals surface area contributed by atoms with Crippen LogP contribution in [0.15, 0.2) is 12.1 Å². The van der Waals surface area contributed by atoms with Crippen LogP contribution in [0, 0.1) is 3.57 Å². The van der Waals surface area contributed by atoms with Crippen LogP contribution in [0.1, 0.15) is 25.3 Å². The fourth-order valence-corrected chi connectivity index (χ4v) is 1.77. The Morgan fingerprint density at radius 1 is 1.38 bits per heavy atom. The maximum absolute atomic E-state index is 9.79. The number of hydrogen-bond donors (Lipinski definition) is 1. The molecule has 0 fully saturated rings. The molecule has 0 aromatic heterocycles. The Balaban J connectivity index is 3.32. The highest BCUT2D eigenvalue weighted by Gasteiger charge is 2.14. The van der Waals surface area contributed by atoms with Gasteiger partial charge >= 0.3 is 0 Å². The lowest BCUT2D eigenvalue weighted by atomic mass is 10.0. The van der Waals surface area contributed by atoms with Gasteiger partial charge in [0.2, 0.25) is 0 Å². The summed E-state index contributed by atoms with van der Waals surface area (Å²) in [6.07, 6.45) is 0. The maximum Gasteiger partial charge on any atom is 0.136 e. The van der Waals surface area contributed by atoms with E-state index in [0.717, 1.165) is 14.9 Å². The van der Waals surface area contributed by atoms with Crippen molar-refractivity contribution in [3.63, 3.8) is 0 Å². The van der Waals surface area contributed by atoms with Gasteiger partial charge in [-0.25, -0.2) is 0 Å². The van der Waals surface area contributed by atoms with E-state index >= 15 is 0 Å². The second kappa shape index (κ2) is 4.17. The molecular weight excluding hydrogens is 279 g/mol. The van der Waals surface area contributed by atoms with E-state index in [9.17, 15) is 5.11 Å². The first-order chi connectivity index (χ1) is 6.07. The van der Waals surface area contributed by atoms with Crippen LogP contribution in [0.4, 0.5) is 0 Å². The third-order valence-corrected chi connectivity index (χ3v) is 2.80. The minimum absolute atomic E-state index is 0.268. The average molecular weight is 292 g/mol. The lowest BCUT2D eigenvalue weighted by molar-refractivity contribution is 0.395. The smallest absolute Gasteiger partial charge is 0.136 e. The summed E-state index contributed by atoms with van der Waals surface area (Å²) >= 11 is 2.11. The van der Waals surface area contributed by atoms with Crippen LogP contribution in [0.5, 0.6) is 11.5 Å². The maximum atomic E-state index is 9.79. The first-order valence-electron chi connectivity index (χ1n) is 4.13. The number of aromatic hydroxyl groups is 1. The first kappa shape index (κ1) is 10.6. The third kappa shape index (κ3) is 2.07. The van der Waals surface area contributed by atoms with E-state index in [4.69, 9.17) is 4.74 Å². The van der Waals surface area contributed by atoms with E-state index in [1.54, 1.807) is 7.11 Å². The van der Waals surface area contributed by atoms with Gasteiger partial charge < -0.3 is 9.84 Å². The van der Waals surface area contributed by atoms with Crippen molar-refractivity contribution in [1.82, 2.24) is 0 Å². The van der Waals surface area contributed by atoms with Crippen molar-refractivity contribution >= 4 is 22.6 Å². The molecule has 0 bridgehead atoms. The highest BCUT2D eigenvalue weighted by atomic mass is 127. The molecule has 0 unspecified atom stereocenters. The Kier molecular flexibility index (Phi) is 3.41. The van der Waals surface area contributed by atoms with Gasteiger partial charge in [0, 0.05) is 5.56 Å². The summed E-state index contributed by atoms with van der Waals surface area (Å²) in [7, 11) is 1.62. The van der Waals surface area contributed by atoms with Gasteiger partial charge in [-0.3, -0.25) is 0 Å². The van der Waals surface area contributed by atoms with Gasteiger partial charge in [0.15, 0.2) is 0 Å². The molecule has 0 saturated carbocycles. The van der Waals surface area contributed by atoms with E-state index in [1.807, 2.05) is 26.0 Å². The number of phenols is 1. The summed E-state index contributed by atoms with van der Waals surface area (Å²) in [4.78, 5) is 0. The Hall–Kier alpha value is -0.450. The number of benzene rings is 1. The lowest BCUT2D eigenvalue weighted by Crippen LogP contribution is -1.95. The van der Waals surface area contributed by atoms with Gasteiger partial charge in [0.1, 0.15) is 11.5 Å². The van der Waals surface area contributed by atoms with Crippen LogP contribution in [0.25, 0.3) is 0 Å². The zero-order chi connectivity index (χ0) is 10.0. The topological polar surface area (TPSA) is 29.5 Å². The van der Waals surface area contributed by atoms with E-state index in [1.165, 1.54) is 0 Å². The number of hydrogen-bond acceptors (Lipinski definition) is 2. The van der Waals surface area contributed by atoms with Crippen LogP contribution in [0.2, 0.25) is 0 Å². The molecule has 0 aliphatic heterocycles. The fraction of sp³-hybridized carbons (Fsp3) is 0.400. The van der Waals surface area contributed by atoms with Crippen molar-refractivity contribution in [1.29, 1.82) is 0 Å². The molecule has 0 saturated heterocycles. The summed E-state index contributed by atoms with van der Waals surface area (Å²) < 4.78 is 6.04. The average Bonchev–Trinajstić information content (AvgIpc) is 2.08. The summed E-state index contributed by atoms with van der Waals surface area (Å²) in [6.45, 7) is 4.07. The Morgan fingerprint density at radius 3 is 2.46 bits per heavy atom. The van der Waals surface area contributed by atoms with Crippen molar-refractivity contribution in [2.75, 3.05) is 7.11 Å². The molecule has 0 amide bonds. The van der Waals surface area contributed by atoms with Crippen molar-refractivity contribution in [3.05, 3.63) is 21.3 Å². The molecule has 1 aromatic carbocycles. The van der Waals surface area contributed by atoms with Crippen molar-refractivity contribution < 1.29 is 9.84 Å². The summed E-state index contributed by atoms with van der Waals surface area (Å²) in [5.41, 5.74) is 0.884. The predicted octanol–water partition coefficient (Wildman–Crippen LogP) is 3.13. The molecule has 0 radical (unpaired) electrons. The quantitative estimate of drug-likeness (QED) is 0.849. The highest BCUT2D eigenvalue weighted by Crippen LogP contribution is 2.37. The summed E-state index contributed by atoms with van der Waals surface area (Å²) in [5, 5.41) is 9.79. The van der Waals surface area contributed by atoms with Gasteiger partial charge in [0.25, 0.3) is 0 Å². The normalized spacial score (nSPS) is 10.5. The molecular formula is C10H13IO2. The number of phenolic OH excluding ortho intramolecular Hbond substituents is 1. The second-order valence-corrected chi connectivity index (χ2v) is 4.33. The molecule has 1 rings (SSSR count). The number of methoxy groups -OCH3 is 1. The standard InChI is InChI=1S/C10H13IO2/c1-6(2)9-8(13-3)5-4-7(11)10(9)12/h4-6,12H,1-3H3. The Labute approximate surface area is 92.1 Å². The van der Waals surface area contributed by atoms with Crippen molar-refractivity contribution in [2.45, 2.75) is 19.8 Å². The van der Waals surface area contributed by atoms with Crippen molar-refractivity contribution in [2.24, 2.45) is 0 Å². The molecule has 0 spiro atoms. The Morgan fingerprint density at radius 2 is 2.00 bits per heavy atom.